The van der Waals surface area contributed by atoms with Crippen LogP contribution in [0.15, 0.2) is 6.07 Å². The van der Waals surface area contributed by atoms with Crippen LogP contribution in [0, 0.1) is 0 Å². The molecule has 2 aliphatic rings. The number of hydrogen-bond acceptors (Lipinski definition) is 4. The molecule has 26 heavy (non-hydrogen) atoms. The Hall–Kier alpha value is -2.05. The largest absolute Gasteiger partial charge is 0.447 e. The first kappa shape index (κ1) is 18.7. The van der Waals surface area contributed by atoms with Crippen LogP contribution >= 0.6 is 0 Å². The molecule has 0 atom stereocenters. The quantitative estimate of drug-likeness (QED) is 0.811. The van der Waals surface area contributed by atoms with Crippen LogP contribution in [0.4, 0.5) is 4.79 Å². The van der Waals surface area contributed by atoms with E-state index in [2.05, 4.69) is 25.9 Å². The van der Waals surface area contributed by atoms with Gasteiger partial charge >= 0.3 is 6.09 Å². The Morgan fingerprint density at radius 2 is 1.88 bits per heavy atom. The third-order valence-corrected chi connectivity index (χ3v) is 5.38. The second-order valence-corrected chi connectivity index (χ2v) is 9.05. The predicted molar refractivity (Wildman–Crippen MR) is 98.1 cm³/mol. The molecule has 2 saturated heterocycles. The van der Waals surface area contributed by atoms with E-state index < -0.39 is 0 Å². The first-order chi connectivity index (χ1) is 12.0. The van der Waals surface area contributed by atoms with Gasteiger partial charge in [-0.2, -0.15) is 5.10 Å². The highest BCUT2D eigenvalue weighted by molar-refractivity contribution is 5.92. The maximum Gasteiger partial charge on any atom is 0.410 e. The van der Waals surface area contributed by atoms with Crippen LogP contribution in [0.5, 0.6) is 0 Å². The summed E-state index contributed by atoms with van der Waals surface area (Å²) in [7, 11) is 1.82. The number of cyclic esters (lactones) is 1. The summed E-state index contributed by atoms with van der Waals surface area (Å²) in [5, 5.41) is 4.50. The summed E-state index contributed by atoms with van der Waals surface area (Å²) >= 11 is 0. The number of piperidine rings is 1. The van der Waals surface area contributed by atoms with Crippen LogP contribution in [0.1, 0.15) is 63.6 Å². The Kier molecular flexibility index (Phi) is 4.53. The molecular formula is C19H30N4O3. The lowest BCUT2D eigenvalue weighted by Crippen LogP contribution is -2.53. The van der Waals surface area contributed by atoms with E-state index in [1.807, 2.05) is 36.8 Å². The summed E-state index contributed by atoms with van der Waals surface area (Å²) in [5.41, 5.74) is 1.16. The third-order valence-electron chi connectivity index (χ3n) is 5.38. The predicted octanol–water partition coefficient (Wildman–Crippen LogP) is 2.55. The molecule has 0 aliphatic carbocycles. The smallest absolute Gasteiger partial charge is 0.410 e. The van der Waals surface area contributed by atoms with Crippen molar-refractivity contribution in [3.8, 4) is 0 Å². The Balaban J connectivity index is 1.68. The van der Waals surface area contributed by atoms with Gasteiger partial charge in [0.05, 0.1) is 11.2 Å². The van der Waals surface area contributed by atoms with E-state index in [0.29, 0.717) is 25.4 Å². The third kappa shape index (κ3) is 3.31. The van der Waals surface area contributed by atoms with Gasteiger partial charge in [-0.15, -0.1) is 0 Å². The fourth-order valence-corrected chi connectivity index (χ4v) is 3.79. The lowest BCUT2D eigenvalue weighted by atomic mass is 9.92. The van der Waals surface area contributed by atoms with E-state index >= 15 is 0 Å². The number of aryl methyl sites for hydroxylation is 1. The van der Waals surface area contributed by atoms with Gasteiger partial charge in [0.2, 0.25) is 0 Å². The van der Waals surface area contributed by atoms with Crippen molar-refractivity contribution in [2.45, 2.75) is 64.5 Å². The molecule has 2 fully saturated rings. The Morgan fingerprint density at radius 3 is 2.35 bits per heavy atom. The Labute approximate surface area is 155 Å². The average Bonchev–Trinajstić information content (AvgIpc) is 3.07. The number of nitrogens with zero attached hydrogens (tertiary/aromatic N) is 4. The summed E-state index contributed by atoms with van der Waals surface area (Å²) < 4.78 is 6.90. The van der Waals surface area contributed by atoms with Crippen molar-refractivity contribution in [3.63, 3.8) is 0 Å². The normalized spacial score (nSPS) is 21.2. The highest BCUT2D eigenvalue weighted by atomic mass is 16.6. The number of likely N-dealkylation sites (tertiary alicyclic amines) is 1. The fourth-order valence-electron chi connectivity index (χ4n) is 3.79. The minimum Gasteiger partial charge on any atom is -0.447 e. The summed E-state index contributed by atoms with van der Waals surface area (Å²) in [5.74, 6) is 0.0113. The zero-order valence-corrected chi connectivity index (χ0v) is 16.7. The van der Waals surface area contributed by atoms with E-state index in [9.17, 15) is 9.59 Å². The number of carbonyl (C=O) groups excluding carboxylic acids is 2. The Bertz CT molecular complexity index is 709. The number of hydrogen-bond donors (Lipinski definition) is 0. The molecule has 3 rings (SSSR count). The molecule has 0 N–H and O–H groups in total. The molecular weight excluding hydrogens is 332 g/mol. The van der Waals surface area contributed by atoms with Crippen molar-refractivity contribution >= 4 is 12.0 Å². The molecule has 7 nitrogen and oxygen atoms in total. The highest BCUT2D eigenvalue weighted by Crippen LogP contribution is 2.31. The van der Waals surface area contributed by atoms with Gasteiger partial charge in [-0.3, -0.25) is 14.4 Å². The molecule has 7 heteroatoms. The van der Waals surface area contributed by atoms with Crippen molar-refractivity contribution in [1.29, 1.82) is 0 Å². The van der Waals surface area contributed by atoms with Crippen LogP contribution < -0.4 is 0 Å². The molecule has 0 unspecified atom stereocenters. The summed E-state index contributed by atoms with van der Waals surface area (Å²) in [6.45, 7) is 12.0. The number of ether oxygens (including phenoxy) is 1. The van der Waals surface area contributed by atoms with E-state index in [-0.39, 0.29) is 29.0 Å². The minimum absolute atomic E-state index is 0.0113. The maximum atomic E-state index is 12.9. The number of aromatic nitrogens is 2. The molecule has 1 aromatic rings. The van der Waals surface area contributed by atoms with Gasteiger partial charge in [0.25, 0.3) is 5.91 Å². The summed E-state index contributed by atoms with van der Waals surface area (Å²) in [6.07, 6.45) is 1.31. The van der Waals surface area contributed by atoms with Gasteiger partial charge in [-0.05, 0) is 32.8 Å². The monoisotopic (exact) mass is 362 g/mol. The molecule has 2 amide bonds. The summed E-state index contributed by atoms with van der Waals surface area (Å²) in [4.78, 5) is 28.7. The topological polar surface area (TPSA) is 67.7 Å². The lowest BCUT2D eigenvalue weighted by Gasteiger charge is -2.40. The van der Waals surface area contributed by atoms with Gasteiger partial charge in [0, 0.05) is 31.6 Å². The molecule has 3 heterocycles. The number of rotatable bonds is 2. The molecule has 0 saturated carbocycles. The van der Waals surface area contributed by atoms with Crippen molar-refractivity contribution < 1.29 is 14.3 Å². The van der Waals surface area contributed by atoms with Gasteiger partial charge < -0.3 is 9.64 Å². The second-order valence-electron chi connectivity index (χ2n) is 9.05. The molecule has 144 valence electrons. The zero-order chi connectivity index (χ0) is 19.3. The van der Waals surface area contributed by atoms with Crippen LogP contribution in [-0.2, 0) is 17.2 Å². The van der Waals surface area contributed by atoms with E-state index in [1.165, 1.54) is 0 Å². The molecule has 0 radical (unpaired) electrons. The SMILES string of the molecule is Cn1nc(C(C)(C)C)cc1C(=O)N1CCC(N2C(=O)OCC2(C)C)CC1. The molecule has 1 aromatic heterocycles. The van der Waals surface area contributed by atoms with Gasteiger partial charge in [-0.25, -0.2) is 4.79 Å². The molecule has 0 spiro atoms. The second kappa shape index (κ2) is 6.28. The maximum absolute atomic E-state index is 12.9. The van der Waals surface area contributed by atoms with Gasteiger partial charge in [0.1, 0.15) is 12.3 Å². The van der Waals surface area contributed by atoms with Gasteiger partial charge in [-0.1, -0.05) is 20.8 Å². The number of amides is 2. The van der Waals surface area contributed by atoms with Crippen molar-refractivity contribution in [2.75, 3.05) is 19.7 Å². The first-order valence-electron chi connectivity index (χ1n) is 9.30. The Morgan fingerprint density at radius 1 is 1.27 bits per heavy atom. The fraction of sp³-hybridized carbons (Fsp3) is 0.737. The van der Waals surface area contributed by atoms with Gasteiger partial charge in [0.15, 0.2) is 0 Å². The van der Waals surface area contributed by atoms with Crippen LogP contribution in [-0.4, -0.2) is 62.9 Å². The van der Waals surface area contributed by atoms with Crippen LogP contribution in [0.3, 0.4) is 0 Å². The van der Waals surface area contributed by atoms with E-state index in [1.54, 1.807) is 4.68 Å². The standard InChI is InChI=1S/C19H30N4O3/c1-18(2,3)15-11-14(21(6)20-15)16(24)22-9-7-13(8-10-22)23-17(25)26-12-19(23,4)5/h11,13H,7-10,12H2,1-6H3. The van der Waals surface area contributed by atoms with E-state index in [4.69, 9.17) is 4.74 Å². The average molecular weight is 362 g/mol. The van der Waals surface area contributed by atoms with Crippen LogP contribution in [0.2, 0.25) is 0 Å². The lowest BCUT2D eigenvalue weighted by molar-refractivity contribution is 0.0580. The molecule has 2 aliphatic heterocycles. The highest BCUT2D eigenvalue weighted by Gasteiger charge is 2.45. The molecule has 0 bridgehead atoms. The zero-order valence-electron chi connectivity index (χ0n) is 16.7. The van der Waals surface area contributed by atoms with Crippen molar-refractivity contribution in [3.05, 3.63) is 17.5 Å². The van der Waals surface area contributed by atoms with Crippen molar-refractivity contribution in [2.24, 2.45) is 7.05 Å². The first-order valence-corrected chi connectivity index (χ1v) is 9.30. The summed E-state index contributed by atoms with van der Waals surface area (Å²) in [6, 6.07) is 2.02. The number of carbonyl (C=O) groups is 2. The van der Waals surface area contributed by atoms with Crippen molar-refractivity contribution in [1.82, 2.24) is 19.6 Å². The molecule has 0 aromatic carbocycles. The van der Waals surface area contributed by atoms with Crippen LogP contribution in [0.25, 0.3) is 0 Å². The van der Waals surface area contributed by atoms with E-state index in [0.717, 1.165) is 18.5 Å². The minimum atomic E-state index is -0.280.